The van der Waals surface area contributed by atoms with Crippen LogP contribution in [0.5, 0.6) is 5.75 Å². The molecule has 1 N–H and O–H groups in total. The molecule has 1 atom stereocenters. The van der Waals surface area contributed by atoms with Crippen molar-refractivity contribution < 1.29 is 4.74 Å². The summed E-state index contributed by atoms with van der Waals surface area (Å²) in [5, 5.41) is 3.43. The molecule has 21 heavy (non-hydrogen) atoms. The minimum atomic E-state index is 0.333. The van der Waals surface area contributed by atoms with E-state index in [-0.39, 0.29) is 0 Å². The average molecular weight is 301 g/mol. The van der Waals surface area contributed by atoms with Crippen LogP contribution in [-0.2, 0) is 0 Å². The fourth-order valence-corrected chi connectivity index (χ4v) is 3.49. The Hall–Kier alpha value is -1.45. The Morgan fingerprint density at radius 1 is 1.10 bits per heavy atom. The van der Waals surface area contributed by atoms with E-state index >= 15 is 0 Å². The van der Waals surface area contributed by atoms with E-state index in [1.165, 1.54) is 21.6 Å². The summed E-state index contributed by atoms with van der Waals surface area (Å²) < 4.78 is 5.40. The summed E-state index contributed by atoms with van der Waals surface area (Å²) in [7, 11) is 3.75. The molecule has 1 unspecified atom stereocenters. The SMILES string of the molecule is CNC(CSc1ccccc1)c1cc(C)c(OC)cc1C. The number of nitrogens with one attached hydrogen (secondary N) is 1. The van der Waals surface area contributed by atoms with Crippen LogP contribution in [0.1, 0.15) is 22.7 Å². The zero-order valence-electron chi connectivity index (χ0n) is 13.1. The van der Waals surface area contributed by atoms with Crippen LogP contribution in [0.25, 0.3) is 0 Å². The van der Waals surface area contributed by atoms with Crippen LogP contribution in [0.15, 0.2) is 47.4 Å². The van der Waals surface area contributed by atoms with Crippen molar-refractivity contribution in [3.05, 3.63) is 59.2 Å². The number of rotatable bonds is 6. The van der Waals surface area contributed by atoms with Crippen LogP contribution in [0.3, 0.4) is 0 Å². The minimum absolute atomic E-state index is 0.333. The Bertz CT molecular complexity index is 583. The first-order chi connectivity index (χ1) is 10.2. The van der Waals surface area contributed by atoms with Crippen LogP contribution in [0.4, 0.5) is 0 Å². The van der Waals surface area contributed by atoms with Crippen molar-refractivity contribution in [3.63, 3.8) is 0 Å². The number of methoxy groups -OCH3 is 1. The van der Waals surface area contributed by atoms with E-state index in [4.69, 9.17) is 4.74 Å². The first-order valence-corrected chi connectivity index (χ1v) is 8.14. The zero-order valence-corrected chi connectivity index (χ0v) is 14.0. The van der Waals surface area contributed by atoms with Crippen molar-refractivity contribution in [3.8, 4) is 5.75 Å². The summed E-state index contributed by atoms with van der Waals surface area (Å²) in [5.41, 5.74) is 3.80. The third-order valence-electron chi connectivity index (χ3n) is 3.67. The minimum Gasteiger partial charge on any atom is -0.496 e. The summed E-state index contributed by atoms with van der Waals surface area (Å²) in [6, 6.07) is 15.2. The molecule has 112 valence electrons. The van der Waals surface area contributed by atoms with E-state index in [9.17, 15) is 0 Å². The van der Waals surface area contributed by atoms with Gasteiger partial charge in [-0.3, -0.25) is 0 Å². The van der Waals surface area contributed by atoms with Gasteiger partial charge in [-0.25, -0.2) is 0 Å². The predicted molar refractivity (Wildman–Crippen MR) is 91.4 cm³/mol. The van der Waals surface area contributed by atoms with Gasteiger partial charge in [-0.05, 0) is 55.8 Å². The molecule has 0 aliphatic carbocycles. The van der Waals surface area contributed by atoms with Crippen molar-refractivity contribution in [1.29, 1.82) is 0 Å². The molecule has 0 aromatic heterocycles. The molecule has 0 spiro atoms. The normalized spacial score (nSPS) is 12.2. The first-order valence-electron chi connectivity index (χ1n) is 7.16. The van der Waals surface area contributed by atoms with Crippen molar-refractivity contribution in [1.82, 2.24) is 5.32 Å². The molecule has 0 bridgehead atoms. The molecule has 3 heteroatoms. The maximum atomic E-state index is 5.40. The summed E-state index contributed by atoms with van der Waals surface area (Å²) >= 11 is 1.88. The highest BCUT2D eigenvalue weighted by Gasteiger charge is 2.14. The second-order valence-corrected chi connectivity index (χ2v) is 6.24. The molecule has 2 aromatic rings. The van der Waals surface area contributed by atoms with Crippen LogP contribution in [0.2, 0.25) is 0 Å². The van der Waals surface area contributed by atoms with Gasteiger partial charge in [0.15, 0.2) is 0 Å². The van der Waals surface area contributed by atoms with Crippen LogP contribution in [-0.4, -0.2) is 19.9 Å². The van der Waals surface area contributed by atoms with E-state index in [0.717, 1.165) is 11.5 Å². The standard InChI is InChI=1S/C18H23NOS/c1-13-11-18(20-4)14(2)10-16(13)17(19-3)12-21-15-8-6-5-7-9-15/h5-11,17,19H,12H2,1-4H3. The summed E-state index contributed by atoms with van der Waals surface area (Å²) in [4.78, 5) is 1.31. The highest BCUT2D eigenvalue weighted by Crippen LogP contribution is 2.30. The van der Waals surface area contributed by atoms with Gasteiger partial charge in [0.25, 0.3) is 0 Å². The third-order valence-corrected chi connectivity index (χ3v) is 4.77. The van der Waals surface area contributed by atoms with Gasteiger partial charge in [0, 0.05) is 16.7 Å². The molecule has 0 saturated carbocycles. The van der Waals surface area contributed by atoms with E-state index in [2.05, 4.69) is 61.6 Å². The van der Waals surface area contributed by atoms with Crippen molar-refractivity contribution in [2.75, 3.05) is 19.9 Å². The van der Waals surface area contributed by atoms with Gasteiger partial charge >= 0.3 is 0 Å². The van der Waals surface area contributed by atoms with E-state index in [0.29, 0.717) is 6.04 Å². The van der Waals surface area contributed by atoms with Gasteiger partial charge in [0.05, 0.1) is 7.11 Å². The quantitative estimate of drug-likeness (QED) is 0.801. The highest BCUT2D eigenvalue weighted by atomic mass is 32.2. The second kappa shape index (κ2) is 7.53. The van der Waals surface area contributed by atoms with Crippen LogP contribution < -0.4 is 10.1 Å². The maximum Gasteiger partial charge on any atom is 0.122 e. The fraction of sp³-hybridized carbons (Fsp3) is 0.333. The van der Waals surface area contributed by atoms with Crippen molar-refractivity contribution in [2.24, 2.45) is 0 Å². The lowest BCUT2D eigenvalue weighted by Gasteiger charge is -2.20. The summed E-state index contributed by atoms with van der Waals surface area (Å²) in [6.07, 6.45) is 0. The number of aryl methyl sites for hydroxylation is 2. The summed E-state index contributed by atoms with van der Waals surface area (Å²) in [6.45, 7) is 4.24. The highest BCUT2D eigenvalue weighted by molar-refractivity contribution is 7.99. The molecule has 2 nitrogen and oxygen atoms in total. The van der Waals surface area contributed by atoms with E-state index in [1.807, 2.05) is 18.8 Å². The molecule has 0 amide bonds. The first kappa shape index (κ1) is 15.9. The van der Waals surface area contributed by atoms with E-state index < -0.39 is 0 Å². The lowest BCUT2D eigenvalue weighted by Crippen LogP contribution is -2.20. The zero-order chi connectivity index (χ0) is 15.2. The Labute approximate surface area is 131 Å². The van der Waals surface area contributed by atoms with Crippen molar-refractivity contribution in [2.45, 2.75) is 24.8 Å². The third kappa shape index (κ3) is 4.02. The number of hydrogen-bond donors (Lipinski definition) is 1. The molecule has 0 aliphatic heterocycles. The van der Waals surface area contributed by atoms with Gasteiger partial charge in [0.1, 0.15) is 5.75 Å². The Kier molecular flexibility index (Phi) is 5.71. The largest absolute Gasteiger partial charge is 0.496 e. The van der Waals surface area contributed by atoms with Crippen molar-refractivity contribution >= 4 is 11.8 Å². The lowest BCUT2D eigenvalue weighted by molar-refractivity contribution is 0.411. The molecule has 0 fully saturated rings. The van der Waals surface area contributed by atoms with Gasteiger partial charge in [0.2, 0.25) is 0 Å². The lowest BCUT2D eigenvalue weighted by atomic mass is 9.99. The molecule has 0 radical (unpaired) electrons. The smallest absolute Gasteiger partial charge is 0.122 e. The topological polar surface area (TPSA) is 21.3 Å². The fourth-order valence-electron chi connectivity index (χ4n) is 2.43. The Balaban J connectivity index is 2.16. The average Bonchev–Trinajstić information content (AvgIpc) is 2.51. The maximum absolute atomic E-state index is 5.40. The molecule has 2 rings (SSSR count). The van der Waals surface area contributed by atoms with Gasteiger partial charge in [-0.1, -0.05) is 24.3 Å². The second-order valence-electron chi connectivity index (χ2n) is 5.14. The molecule has 0 aliphatic rings. The Morgan fingerprint density at radius 3 is 2.43 bits per heavy atom. The monoisotopic (exact) mass is 301 g/mol. The number of ether oxygens (including phenoxy) is 1. The van der Waals surface area contributed by atoms with Gasteiger partial charge in [-0.15, -0.1) is 11.8 Å². The van der Waals surface area contributed by atoms with Gasteiger partial charge in [-0.2, -0.15) is 0 Å². The Morgan fingerprint density at radius 2 is 1.81 bits per heavy atom. The molecular weight excluding hydrogens is 278 g/mol. The van der Waals surface area contributed by atoms with Gasteiger partial charge < -0.3 is 10.1 Å². The number of thioether (sulfide) groups is 1. The molecule has 2 aromatic carbocycles. The predicted octanol–water partition coefficient (Wildman–Crippen LogP) is 4.36. The van der Waals surface area contributed by atoms with Crippen LogP contribution in [0, 0.1) is 13.8 Å². The number of benzene rings is 2. The summed E-state index contributed by atoms with van der Waals surface area (Å²) in [5.74, 6) is 1.97. The molecule has 0 heterocycles. The van der Waals surface area contributed by atoms with Crippen LogP contribution >= 0.6 is 11.8 Å². The van der Waals surface area contributed by atoms with E-state index in [1.54, 1.807) is 7.11 Å². The molecular formula is C18H23NOS. The number of hydrogen-bond acceptors (Lipinski definition) is 3. The molecule has 0 saturated heterocycles.